The summed E-state index contributed by atoms with van der Waals surface area (Å²) >= 11 is 0. The quantitative estimate of drug-likeness (QED) is 0.597. The van der Waals surface area contributed by atoms with E-state index < -0.39 is 23.5 Å². The van der Waals surface area contributed by atoms with Gasteiger partial charge in [0.1, 0.15) is 5.75 Å². The number of fused-ring (bicyclic) bond motifs is 4. The zero-order chi connectivity index (χ0) is 22.5. The highest BCUT2D eigenvalue weighted by Gasteiger charge is 2.35. The Morgan fingerprint density at radius 2 is 2.03 bits per heavy atom. The molecule has 2 unspecified atom stereocenters. The molecule has 3 aromatic rings. The number of halogens is 3. The summed E-state index contributed by atoms with van der Waals surface area (Å²) in [6.07, 6.45) is -0.545. The van der Waals surface area contributed by atoms with Crippen molar-refractivity contribution >= 4 is 22.3 Å². The largest absolute Gasteiger partial charge is 0.508 e. The molecule has 2 aromatic carbocycles. The van der Waals surface area contributed by atoms with Crippen molar-refractivity contribution in [2.75, 3.05) is 23.4 Å². The third-order valence-electron chi connectivity index (χ3n) is 6.28. The predicted molar refractivity (Wildman–Crippen MR) is 115 cm³/mol. The molecule has 2 N–H and O–H groups in total. The number of alkyl halides is 3. The highest BCUT2D eigenvalue weighted by molar-refractivity contribution is 5.93. The number of aromatic hydroxyl groups is 1. The molecule has 1 aromatic heterocycles. The molecule has 0 aliphatic carbocycles. The number of nitrogens with zero attached hydrogens (tertiary/aromatic N) is 3. The van der Waals surface area contributed by atoms with Gasteiger partial charge in [-0.1, -0.05) is 0 Å². The number of ether oxygens (including phenoxy) is 1. The van der Waals surface area contributed by atoms with Crippen molar-refractivity contribution in [3.05, 3.63) is 53.7 Å². The van der Waals surface area contributed by atoms with E-state index in [4.69, 9.17) is 4.74 Å². The van der Waals surface area contributed by atoms with E-state index >= 15 is 0 Å². The summed E-state index contributed by atoms with van der Waals surface area (Å²) in [6, 6.07) is 8.92. The number of benzene rings is 2. The SMILES string of the molecule is C[C@@H](Nc1cnnc2ccc(N3CC4CCC3CO4)cc12)c1cc(O)cc(C(F)(F)F)c1. The molecule has 3 aliphatic heterocycles. The summed E-state index contributed by atoms with van der Waals surface area (Å²) in [7, 11) is 0. The van der Waals surface area contributed by atoms with Gasteiger partial charge in [-0.05, 0) is 61.7 Å². The monoisotopic (exact) mass is 444 g/mol. The van der Waals surface area contributed by atoms with E-state index in [1.165, 1.54) is 6.07 Å². The molecule has 3 aliphatic rings. The second-order valence-corrected chi connectivity index (χ2v) is 8.48. The Morgan fingerprint density at radius 3 is 2.72 bits per heavy atom. The summed E-state index contributed by atoms with van der Waals surface area (Å²) < 4.78 is 45.3. The van der Waals surface area contributed by atoms with E-state index in [0.29, 0.717) is 22.8 Å². The van der Waals surface area contributed by atoms with E-state index in [9.17, 15) is 18.3 Å². The fourth-order valence-corrected chi connectivity index (χ4v) is 4.57. The van der Waals surface area contributed by atoms with Gasteiger partial charge in [0.05, 0.1) is 41.7 Å². The maximum atomic E-state index is 13.2. The number of phenols is 1. The van der Waals surface area contributed by atoms with E-state index in [1.54, 1.807) is 13.1 Å². The van der Waals surface area contributed by atoms with Crippen LogP contribution in [0.4, 0.5) is 24.5 Å². The van der Waals surface area contributed by atoms with Gasteiger partial charge >= 0.3 is 6.18 Å². The number of aromatic nitrogens is 2. The minimum absolute atomic E-state index is 0.248. The topological polar surface area (TPSA) is 70.5 Å². The third-order valence-corrected chi connectivity index (χ3v) is 6.28. The molecule has 32 heavy (non-hydrogen) atoms. The third kappa shape index (κ3) is 3.92. The first-order valence-corrected chi connectivity index (χ1v) is 10.6. The standard InChI is InChI=1S/C23H23F3N4O2/c1-13(14-6-15(23(24,25)26)8-18(31)7-14)28-22-10-27-29-21-5-3-16(9-20(21)22)30-11-19-4-2-17(30)12-32-19/h3,5-10,13,17,19,31H,2,4,11-12H2,1H3,(H,28,29)/t13-,17?,19?/m1/s1. The number of anilines is 2. The molecule has 0 amide bonds. The van der Waals surface area contributed by atoms with Gasteiger partial charge in [-0.3, -0.25) is 0 Å². The molecule has 0 spiro atoms. The number of rotatable bonds is 4. The van der Waals surface area contributed by atoms with Crippen LogP contribution in [-0.2, 0) is 10.9 Å². The first-order valence-electron chi connectivity index (χ1n) is 10.6. The van der Waals surface area contributed by atoms with Crippen molar-refractivity contribution in [3.63, 3.8) is 0 Å². The van der Waals surface area contributed by atoms with E-state index in [-0.39, 0.29) is 6.10 Å². The number of hydrogen-bond donors (Lipinski definition) is 2. The Labute approximate surface area is 183 Å². The van der Waals surface area contributed by atoms with Gasteiger partial charge in [0.2, 0.25) is 0 Å². The zero-order valence-corrected chi connectivity index (χ0v) is 17.4. The number of phenolic OH excluding ortho intramolecular Hbond substituents is 1. The van der Waals surface area contributed by atoms with Crippen LogP contribution in [0.15, 0.2) is 42.6 Å². The van der Waals surface area contributed by atoms with E-state index in [2.05, 4.69) is 20.4 Å². The molecule has 3 fully saturated rings. The summed E-state index contributed by atoms with van der Waals surface area (Å²) in [5, 5.41) is 22.1. The highest BCUT2D eigenvalue weighted by Crippen LogP contribution is 2.36. The molecule has 168 valence electrons. The maximum absolute atomic E-state index is 13.2. The van der Waals surface area contributed by atoms with Crippen LogP contribution < -0.4 is 10.2 Å². The average molecular weight is 444 g/mol. The Kier molecular flexibility index (Phi) is 5.08. The lowest BCUT2D eigenvalue weighted by Gasteiger charge is -2.46. The summed E-state index contributed by atoms with van der Waals surface area (Å²) in [6.45, 7) is 3.31. The molecule has 3 saturated heterocycles. The Hall–Kier alpha value is -3.07. The lowest BCUT2D eigenvalue weighted by Crippen LogP contribution is -2.54. The predicted octanol–water partition coefficient (Wildman–Crippen LogP) is 4.89. The van der Waals surface area contributed by atoms with Gasteiger partial charge in [0.15, 0.2) is 0 Å². The molecular formula is C23H23F3N4O2. The van der Waals surface area contributed by atoms with Crippen LogP contribution >= 0.6 is 0 Å². The maximum Gasteiger partial charge on any atom is 0.416 e. The van der Waals surface area contributed by atoms with E-state index in [0.717, 1.165) is 49.2 Å². The molecule has 2 bridgehead atoms. The molecule has 4 heterocycles. The normalized spacial score (nSPS) is 21.7. The smallest absolute Gasteiger partial charge is 0.416 e. The van der Waals surface area contributed by atoms with Crippen LogP contribution in [0.1, 0.15) is 36.9 Å². The van der Waals surface area contributed by atoms with Gasteiger partial charge in [0.25, 0.3) is 0 Å². The molecule has 9 heteroatoms. The van der Waals surface area contributed by atoms with Crippen molar-refractivity contribution in [1.82, 2.24) is 10.2 Å². The number of hydrogen-bond acceptors (Lipinski definition) is 6. The lowest BCUT2D eigenvalue weighted by atomic mass is 9.96. The van der Waals surface area contributed by atoms with Crippen LogP contribution in [0.5, 0.6) is 5.75 Å². The highest BCUT2D eigenvalue weighted by atomic mass is 19.4. The van der Waals surface area contributed by atoms with Gasteiger partial charge in [-0.15, -0.1) is 0 Å². The summed E-state index contributed by atoms with van der Waals surface area (Å²) in [4.78, 5) is 2.36. The fourth-order valence-electron chi connectivity index (χ4n) is 4.57. The van der Waals surface area contributed by atoms with Crippen LogP contribution in [0.2, 0.25) is 0 Å². The van der Waals surface area contributed by atoms with Crippen LogP contribution in [0.3, 0.4) is 0 Å². The van der Waals surface area contributed by atoms with Gasteiger partial charge in [0, 0.05) is 23.7 Å². The lowest BCUT2D eigenvalue weighted by molar-refractivity contribution is -0.137. The van der Waals surface area contributed by atoms with Crippen molar-refractivity contribution in [1.29, 1.82) is 0 Å². The fraction of sp³-hybridized carbons (Fsp3) is 0.391. The van der Waals surface area contributed by atoms with Crippen molar-refractivity contribution in [2.24, 2.45) is 0 Å². The van der Waals surface area contributed by atoms with Crippen LogP contribution in [0, 0.1) is 0 Å². The number of nitrogens with one attached hydrogen (secondary N) is 1. The van der Waals surface area contributed by atoms with E-state index in [1.807, 2.05) is 18.2 Å². The Balaban J connectivity index is 1.46. The van der Waals surface area contributed by atoms with Gasteiger partial charge in [-0.2, -0.15) is 23.4 Å². The summed E-state index contributed by atoms with van der Waals surface area (Å²) in [5.74, 6) is -0.425. The number of morpholine rings is 1. The van der Waals surface area contributed by atoms with Crippen molar-refractivity contribution in [3.8, 4) is 5.75 Å². The Morgan fingerprint density at radius 1 is 1.19 bits per heavy atom. The molecule has 3 atom stereocenters. The average Bonchev–Trinajstić information content (AvgIpc) is 2.79. The van der Waals surface area contributed by atoms with Crippen LogP contribution in [0.25, 0.3) is 10.9 Å². The molecule has 6 nitrogen and oxygen atoms in total. The molecule has 0 saturated carbocycles. The van der Waals surface area contributed by atoms with Gasteiger partial charge < -0.3 is 20.1 Å². The van der Waals surface area contributed by atoms with Crippen molar-refractivity contribution < 1.29 is 23.0 Å². The summed E-state index contributed by atoms with van der Waals surface area (Å²) in [5.41, 5.74) is 1.86. The first kappa shape index (κ1) is 20.8. The second kappa shape index (κ2) is 7.81. The second-order valence-electron chi connectivity index (χ2n) is 8.48. The minimum atomic E-state index is -4.54. The first-order chi connectivity index (χ1) is 15.3. The van der Waals surface area contributed by atoms with Crippen LogP contribution in [-0.4, -0.2) is 40.6 Å². The minimum Gasteiger partial charge on any atom is -0.508 e. The Bertz CT molecular complexity index is 1150. The number of piperidine rings is 1. The zero-order valence-electron chi connectivity index (χ0n) is 17.4. The van der Waals surface area contributed by atoms with Gasteiger partial charge in [-0.25, -0.2) is 0 Å². The molecule has 6 rings (SSSR count). The molecule has 0 radical (unpaired) electrons. The van der Waals surface area contributed by atoms with Crippen molar-refractivity contribution in [2.45, 2.75) is 44.1 Å². The molecular weight excluding hydrogens is 421 g/mol.